The van der Waals surface area contributed by atoms with E-state index in [0.29, 0.717) is 6.61 Å². The van der Waals surface area contributed by atoms with Crippen LogP contribution in [-0.2, 0) is 19.6 Å². The maximum atomic E-state index is 5.91. The summed E-state index contributed by atoms with van der Waals surface area (Å²) >= 11 is 0. The van der Waals surface area contributed by atoms with Crippen molar-refractivity contribution in [3.05, 3.63) is 59.4 Å². The SMILES string of the molecule is CCCNCc1cccc(COc2ccccc2CC)n1. The topological polar surface area (TPSA) is 34.1 Å². The summed E-state index contributed by atoms with van der Waals surface area (Å²) in [5, 5.41) is 3.37. The van der Waals surface area contributed by atoms with E-state index in [1.54, 1.807) is 0 Å². The highest BCUT2D eigenvalue weighted by atomic mass is 16.5. The average molecular weight is 284 g/mol. The van der Waals surface area contributed by atoms with Crippen molar-refractivity contribution in [2.45, 2.75) is 39.8 Å². The number of aryl methyl sites for hydroxylation is 1. The monoisotopic (exact) mass is 284 g/mol. The number of aromatic nitrogens is 1. The summed E-state index contributed by atoms with van der Waals surface area (Å²) in [5.41, 5.74) is 3.27. The molecule has 1 aromatic carbocycles. The Hall–Kier alpha value is -1.87. The van der Waals surface area contributed by atoms with Crippen molar-refractivity contribution < 1.29 is 4.74 Å². The molecule has 1 N–H and O–H groups in total. The number of ether oxygens (including phenoxy) is 1. The van der Waals surface area contributed by atoms with E-state index in [4.69, 9.17) is 4.74 Å². The molecule has 0 amide bonds. The van der Waals surface area contributed by atoms with Crippen molar-refractivity contribution in [2.24, 2.45) is 0 Å². The molecule has 0 saturated carbocycles. The molecule has 2 rings (SSSR count). The van der Waals surface area contributed by atoms with Crippen LogP contribution in [0.4, 0.5) is 0 Å². The van der Waals surface area contributed by atoms with Crippen LogP contribution in [-0.4, -0.2) is 11.5 Å². The lowest BCUT2D eigenvalue weighted by Gasteiger charge is -2.10. The number of benzene rings is 1. The molecule has 0 bridgehead atoms. The molecule has 0 atom stereocenters. The van der Waals surface area contributed by atoms with Crippen LogP contribution in [0.1, 0.15) is 37.2 Å². The third-order valence-electron chi connectivity index (χ3n) is 3.33. The lowest BCUT2D eigenvalue weighted by molar-refractivity contribution is 0.298. The van der Waals surface area contributed by atoms with Gasteiger partial charge in [-0.1, -0.05) is 38.1 Å². The Balaban J connectivity index is 1.95. The minimum Gasteiger partial charge on any atom is -0.487 e. The van der Waals surface area contributed by atoms with Gasteiger partial charge in [0.2, 0.25) is 0 Å². The molecule has 0 unspecified atom stereocenters. The van der Waals surface area contributed by atoms with Gasteiger partial charge in [-0.05, 0) is 43.1 Å². The van der Waals surface area contributed by atoms with Crippen molar-refractivity contribution in [2.75, 3.05) is 6.54 Å². The van der Waals surface area contributed by atoms with Gasteiger partial charge in [-0.15, -0.1) is 0 Å². The van der Waals surface area contributed by atoms with E-state index in [-0.39, 0.29) is 0 Å². The zero-order valence-electron chi connectivity index (χ0n) is 12.9. The van der Waals surface area contributed by atoms with Gasteiger partial charge in [0.15, 0.2) is 0 Å². The number of hydrogen-bond donors (Lipinski definition) is 1. The van der Waals surface area contributed by atoms with Crippen molar-refractivity contribution in [3.8, 4) is 5.75 Å². The molecule has 3 nitrogen and oxygen atoms in total. The van der Waals surface area contributed by atoms with Crippen LogP contribution >= 0.6 is 0 Å². The number of para-hydroxylation sites is 1. The fourth-order valence-corrected chi connectivity index (χ4v) is 2.19. The lowest BCUT2D eigenvalue weighted by atomic mass is 10.1. The second-order valence-electron chi connectivity index (χ2n) is 5.05. The van der Waals surface area contributed by atoms with Crippen molar-refractivity contribution >= 4 is 0 Å². The van der Waals surface area contributed by atoms with E-state index >= 15 is 0 Å². The van der Waals surface area contributed by atoms with Gasteiger partial charge in [0.1, 0.15) is 12.4 Å². The summed E-state index contributed by atoms with van der Waals surface area (Å²) in [4.78, 5) is 4.63. The summed E-state index contributed by atoms with van der Waals surface area (Å²) in [5.74, 6) is 0.955. The van der Waals surface area contributed by atoms with Crippen molar-refractivity contribution in [3.63, 3.8) is 0 Å². The van der Waals surface area contributed by atoms with Crippen LogP contribution < -0.4 is 10.1 Å². The smallest absolute Gasteiger partial charge is 0.130 e. The zero-order valence-corrected chi connectivity index (χ0v) is 12.9. The van der Waals surface area contributed by atoms with Gasteiger partial charge in [0.05, 0.1) is 11.4 Å². The molecule has 112 valence electrons. The van der Waals surface area contributed by atoms with Crippen LogP contribution in [0, 0.1) is 0 Å². The third kappa shape index (κ3) is 4.87. The number of nitrogens with one attached hydrogen (secondary N) is 1. The first-order chi connectivity index (χ1) is 10.3. The number of hydrogen-bond acceptors (Lipinski definition) is 3. The Morgan fingerprint density at radius 3 is 2.62 bits per heavy atom. The molecule has 0 spiro atoms. The molecule has 0 aliphatic heterocycles. The van der Waals surface area contributed by atoms with Gasteiger partial charge >= 0.3 is 0 Å². The molecule has 0 saturated heterocycles. The Kier molecular flexibility index (Phi) is 6.22. The summed E-state index contributed by atoms with van der Waals surface area (Å²) in [7, 11) is 0. The Bertz CT molecular complexity index is 554. The second kappa shape index (κ2) is 8.42. The minimum atomic E-state index is 0.513. The minimum absolute atomic E-state index is 0.513. The molecule has 3 heteroatoms. The van der Waals surface area contributed by atoms with Crippen molar-refractivity contribution in [1.82, 2.24) is 10.3 Å². The van der Waals surface area contributed by atoms with Gasteiger partial charge < -0.3 is 10.1 Å². The lowest BCUT2D eigenvalue weighted by Crippen LogP contribution is -2.15. The van der Waals surface area contributed by atoms with Gasteiger partial charge in [0, 0.05) is 6.54 Å². The molecular weight excluding hydrogens is 260 g/mol. The van der Waals surface area contributed by atoms with Crippen LogP contribution in [0.5, 0.6) is 5.75 Å². The highest BCUT2D eigenvalue weighted by Crippen LogP contribution is 2.19. The van der Waals surface area contributed by atoms with Crippen LogP contribution in [0.2, 0.25) is 0 Å². The number of rotatable bonds is 8. The fraction of sp³-hybridized carbons (Fsp3) is 0.389. The molecular formula is C18H24N2O. The standard InChI is InChI=1S/C18H24N2O/c1-3-12-19-13-16-9-7-10-17(20-16)14-21-18-11-6-5-8-15(18)4-2/h5-11,19H,3-4,12-14H2,1-2H3. The van der Waals surface area contributed by atoms with E-state index in [0.717, 1.165) is 43.1 Å². The predicted molar refractivity (Wildman–Crippen MR) is 86.4 cm³/mol. The van der Waals surface area contributed by atoms with E-state index in [9.17, 15) is 0 Å². The van der Waals surface area contributed by atoms with E-state index in [1.165, 1.54) is 5.56 Å². The molecule has 0 fully saturated rings. The Morgan fingerprint density at radius 1 is 1.00 bits per heavy atom. The summed E-state index contributed by atoms with van der Waals surface area (Å²) < 4.78 is 5.91. The second-order valence-corrected chi connectivity index (χ2v) is 5.05. The van der Waals surface area contributed by atoms with Gasteiger partial charge in [0.25, 0.3) is 0 Å². The maximum Gasteiger partial charge on any atom is 0.130 e. The van der Waals surface area contributed by atoms with Gasteiger partial charge in [-0.3, -0.25) is 4.98 Å². The normalized spacial score (nSPS) is 10.6. The largest absolute Gasteiger partial charge is 0.487 e. The molecule has 21 heavy (non-hydrogen) atoms. The summed E-state index contributed by atoms with van der Waals surface area (Å²) in [6.07, 6.45) is 2.11. The fourth-order valence-electron chi connectivity index (χ4n) is 2.19. The van der Waals surface area contributed by atoms with E-state index in [1.807, 2.05) is 36.4 Å². The molecule has 2 aromatic rings. The maximum absolute atomic E-state index is 5.91. The quantitative estimate of drug-likeness (QED) is 0.750. The van der Waals surface area contributed by atoms with Crippen molar-refractivity contribution in [1.29, 1.82) is 0 Å². The number of pyridine rings is 1. The van der Waals surface area contributed by atoms with Crippen LogP contribution in [0.25, 0.3) is 0 Å². The van der Waals surface area contributed by atoms with Crippen LogP contribution in [0.15, 0.2) is 42.5 Å². The molecule has 1 heterocycles. The van der Waals surface area contributed by atoms with Gasteiger partial charge in [-0.25, -0.2) is 0 Å². The summed E-state index contributed by atoms with van der Waals surface area (Å²) in [6.45, 7) is 6.65. The van der Waals surface area contributed by atoms with Gasteiger partial charge in [-0.2, -0.15) is 0 Å². The summed E-state index contributed by atoms with van der Waals surface area (Å²) in [6, 6.07) is 14.3. The molecule has 1 aromatic heterocycles. The molecule has 0 aliphatic carbocycles. The first-order valence-corrected chi connectivity index (χ1v) is 7.69. The predicted octanol–water partition coefficient (Wildman–Crippen LogP) is 3.72. The highest BCUT2D eigenvalue weighted by Gasteiger charge is 2.03. The Labute approximate surface area is 127 Å². The van der Waals surface area contributed by atoms with E-state index < -0.39 is 0 Å². The molecule has 0 radical (unpaired) electrons. The zero-order chi connectivity index (χ0) is 14.9. The van der Waals surface area contributed by atoms with Crippen LogP contribution in [0.3, 0.4) is 0 Å². The van der Waals surface area contributed by atoms with E-state index in [2.05, 4.69) is 30.2 Å². The Morgan fingerprint density at radius 2 is 1.81 bits per heavy atom. The first kappa shape index (κ1) is 15.5. The molecule has 0 aliphatic rings. The number of nitrogens with zero attached hydrogens (tertiary/aromatic N) is 1. The average Bonchev–Trinajstić information content (AvgIpc) is 2.54. The first-order valence-electron chi connectivity index (χ1n) is 7.69. The third-order valence-corrected chi connectivity index (χ3v) is 3.33. The highest BCUT2D eigenvalue weighted by molar-refractivity contribution is 5.33.